The van der Waals surface area contributed by atoms with Crippen molar-refractivity contribution >= 4 is 5.97 Å². The van der Waals surface area contributed by atoms with Gasteiger partial charge in [0.05, 0.1) is 12.7 Å². The average Bonchev–Trinajstić information content (AvgIpc) is 2.14. The highest BCUT2D eigenvalue weighted by molar-refractivity contribution is 5.82. The van der Waals surface area contributed by atoms with Crippen LogP contribution in [-0.2, 0) is 9.53 Å². The van der Waals surface area contributed by atoms with Crippen LogP contribution in [0.4, 0.5) is 0 Å². The molecule has 0 aromatic heterocycles. The molecule has 0 unspecified atom stereocenters. The van der Waals surface area contributed by atoms with E-state index in [0.717, 1.165) is 6.08 Å². The van der Waals surface area contributed by atoms with Crippen molar-refractivity contribution in [2.75, 3.05) is 6.61 Å². The Kier molecular flexibility index (Phi) is 6.29. The summed E-state index contributed by atoms with van der Waals surface area (Å²) in [5, 5.41) is 19.6. The maximum Gasteiger partial charge on any atom is 0.330 e. The summed E-state index contributed by atoms with van der Waals surface area (Å²) < 4.78 is 4.68. The van der Waals surface area contributed by atoms with Gasteiger partial charge in [-0.15, -0.1) is 0 Å². The summed E-state index contributed by atoms with van der Waals surface area (Å²) in [7, 11) is 0. The van der Waals surface area contributed by atoms with Gasteiger partial charge in [-0.2, -0.15) is 0 Å². The molecule has 0 aromatic rings. The molecule has 2 atom stereocenters. The molecule has 0 aliphatic heterocycles. The Hall–Kier alpha value is -0.870. The van der Waals surface area contributed by atoms with E-state index in [1.807, 2.05) is 13.8 Å². The molecule has 4 nitrogen and oxygen atoms in total. The van der Waals surface area contributed by atoms with Crippen LogP contribution in [-0.4, -0.2) is 34.5 Å². The van der Waals surface area contributed by atoms with Gasteiger partial charge in [0.2, 0.25) is 0 Å². The fraction of sp³-hybridized carbons (Fsp3) is 0.750. The zero-order chi connectivity index (χ0) is 12.8. The Morgan fingerprint density at radius 3 is 2.50 bits per heavy atom. The number of ether oxygens (including phenoxy) is 1. The van der Waals surface area contributed by atoms with Crippen LogP contribution < -0.4 is 0 Å². The molecule has 0 bridgehead atoms. The molecule has 0 aliphatic carbocycles. The van der Waals surface area contributed by atoms with Gasteiger partial charge in [0, 0.05) is 6.08 Å². The van der Waals surface area contributed by atoms with Crippen LogP contribution in [0.1, 0.15) is 34.1 Å². The quantitative estimate of drug-likeness (QED) is 0.532. The van der Waals surface area contributed by atoms with Crippen molar-refractivity contribution in [3.63, 3.8) is 0 Å². The fourth-order valence-corrected chi connectivity index (χ4v) is 1.22. The van der Waals surface area contributed by atoms with E-state index in [9.17, 15) is 15.0 Å². The van der Waals surface area contributed by atoms with E-state index in [4.69, 9.17) is 0 Å². The molecule has 0 heterocycles. The van der Waals surface area contributed by atoms with E-state index in [1.54, 1.807) is 6.92 Å². The van der Waals surface area contributed by atoms with Crippen LogP contribution in [0, 0.1) is 5.92 Å². The highest BCUT2D eigenvalue weighted by atomic mass is 16.5. The Balaban J connectivity index is 4.37. The third-order valence-corrected chi connectivity index (χ3v) is 2.21. The molecule has 94 valence electrons. The number of aliphatic hydroxyl groups excluding tert-OH is 1. The normalized spacial score (nSPS) is 17.4. The number of carbonyl (C=O) groups is 1. The second-order valence-corrected chi connectivity index (χ2v) is 4.46. The summed E-state index contributed by atoms with van der Waals surface area (Å²) in [6.07, 6.45) is 2.00. The van der Waals surface area contributed by atoms with Gasteiger partial charge in [-0.1, -0.05) is 13.8 Å². The lowest BCUT2D eigenvalue weighted by atomic mass is 9.91. The summed E-state index contributed by atoms with van der Waals surface area (Å²) >= 11 is 0. The summed E-state index contributed by atoms with van der Waals surface area (Å²) in [4.78, 5) is 11.0. The fourth-order valence-electron chi connectivity index (χ4n) is 1.22. The summed E-state index contributed by atoms with van der Waals surface area (Å²) in [5.74, 6) is -0.239. The third-order valence-electron chi connectivity index (χ3n) is 2.21. The highest BCUT2D eigenvalue weighted by Crippen LogP contribution is 2.18. The summed E-state index contributed by atoms with van der Waals surface area (Å²) in [5.41, 5.74) is -1.41. The molecule has 0 rings (SSSR count). The molecule has 0 aromatic carbocycles. The van der Waals surface area contributed by atoms with Crippen LogP contribution in [0.3, 0.4) is 0 Å². The number of carbonyl (C=O) groups excluding carboxylic acids is 1. The van der Waals surface area contributed by atoms with Crippen molar-refractivity contribution in [3.05, 3.63) is 12.2 Å². The van der Waals surface area contributed by atoms with Gasteiger partial charge in [-0.05, 0) is 32.3 Å². The van der Waals surface area contributed by atoms with Crippen molar-refractivity contribution in [2.24, 2.45) is 5.92 Å². The van der Waals surface area contributed by atoms with E-state index in [1.165, 1.54) is 13.0 Å². The minimum absolute atomic E-state index is 0.275. The number of aliphatic hydroxyl groups is 2. The second kappa shape index (κ2) is 6.66. The first-order valence-corrected chi connectivity index (χ1v) is 5.56. The molecular weight excluding hydrogens is 208 g/mol. The summed E-state index contributed by atoms with van der Waals surface area (Å²) in [6.45, 7) is 7.37. The first kappa shape index (κ1) is 15.1. The van der Waals surface area contributed by atoms with Crippen molar-refractivity contribution in [1.82, 2.24) is 0 Å². The van der Waals surface area contributed by atoms with E-state index < -0.39 is 17.7 Å². The zero-order valence-corrected chi connectivity index (χ0v) is 10.4. The highest BCUT2D eigenvalue weighted by Gasteiger charge is 2.28. The number of esters is 1. The molecule has 0 saturated heterocycles. The van der Waals surface area contributed by atoms with Gasteiger partial charge in [0.25, 0.3) is 0 Å². The van der Waals surface area contributed by atoms with Crippen molar-refractivity contribution in [1.29, 1.82) is 0 Å². The van der Waals surface area contributed by atoms with E-state index in [2.05, 4.69) is 4.74 Å². The lowest BCUT2D eigenvalue weighted by molar-refractivity contribution is -0.137. The van der Waals surface area contributed by atoms with Crippen LogP contribution >= 0.6 is 0 Å². The van der Waals surface area contributed by atoms with Gasteiger partial charge in [0.15, 0.2) is 0 Å². The maximum absolute atomic E-state index is 11.0. The Morgan fingerprint density at radius 1 is 1.50 bits per heavy atom. The molecule has 0 fully saturated rings. The summed E-state index contributed by atoms with van der Waals surface area (Å²) in [6, 6.07) is 0. The minimum atomic E-state index is -1.41. The lowest BCUT2D eigenvalue weighted by Crippen LogP contribution is -2.38. The third kappa shape index (κ3) is 5.88. The van der Waals surface area contributed by atoms with Gasteiger partial charge in [-0.3, -0.25) is 0 Å². The Bertz CT molecular complexity index is 243. The molecular formula is C12H22O4. The molecule has 0 aliphatic rings. The molecule has 0 amide bonds. The molecule has 0 radical (unpaired) electrons. The number of hydrogen-bond acceptors (Lipinski definition) is 4. The zero-order valence-electron chi connectivity index (χ0n) is 10.4. The van der Waals surface area contributed by atoms with Crippen molar-refractivity contribution in [2.45, 2.75) is 45.8 Å². The molecule has 0 spiro atoms. The largest absolute Gasteiger partial charge is 0.463 e. The topological polar surface area (TPSA) is 66.8 Å². The van der Waals surface area contributed by atoms with E-state index in [-0.39, 0.29) is 5.92 Å². The molecule has 0 saturated carbocycles. The van der Waals surface area contributed by atoms with Gasteiger partial charge in [0.1, 0.15) is 5.60 Å². The van der Waals surface area contributed by atoms with Gasteiger partial charge in [-0.25, -0.2) is 4.79 Å². The van der Waals surface area contributed by atoms with Crippen LogP contribution in [0.5, 0.6) is 0 Å². The molecule has 16 heavy (non-hydrogen) atoms. The predicted octanol–water partition coefficient (Wildman–Crippen LogP) is 1.26. The van der Waals surface area contributed by atoms with Crippen LogP contribution in [0.2, 0.25) is 0 Å². The minimum Gasteiger partial charge on any atom is -0.463 e. The Labute approximate surface area is 96.9 Å². The second-order valence-electron chi connectivity index (χ2n) is 4.46. The molecule has 2 N–H and O–H groups in total. The molecule has 4 heteroatoms. The monoisotopic (exact) mass is 230 g/mol. The lowest BCUT2D eigenvalue weighted by Gasteiger charge is -2.26. The van der Waals surface area contributed by atoms with Crippen LogP contribution in [0.25, 0.3) is 0 Å². The van der Waals surface area contributed by atoms with E-state index in [0.29, 0.717) is 13.0 Å². The predicted molar refractivity (Wildman–Crippen MR) is 61.9 cm³/mol. The van der Waals surface area contributed by atoms with Gasteiger partial charge < -0.3 is 14.9 Å². The first-order valence-electron chi connectivity index (χ1n) is 5.56. The maximum atomic E-state index is 11.0. The average molecular weight is 230 g/mol. The standard InChI is InChI=1S/C12H22O4/c1-5-16-11(14)6-7-12(4,15)10(13)8-9(2)3/h6-7,9-10,13,15H,5,8H2,1-4H3/b7-6+/t10-,12-/m0/s1. The van der Waals surface area contributed by atoms with Gasteiger partial charge >= 0.3 is 5.97 Å². The van der Waals surface area contributed by atoms with E-state index >= 15 is 0 Å². The SMILES string of the molecule is CCOC(=O)/C=C/[C@](C)(O)[C@@H](O)CC(C)C. The number of rotatable bonds is 6. The Morgan fingerprint density at radius 2 is 2.06 bits per heavy atom. The number of hydrogen-bond donors (Lipinski definition) is 2. The first-order chi connectivity index (χ1) is 7.29. The van der Waals surface area contributed by atoms with Crippen LogP contribution in [0.15, 0.2) is 12.2 Å². The smallest absolute Gasteiger partial charge is 0.330 e. The van der Waals surface area contributed by atoms with Crippen molar-refractivity contribution < 1.29 is 19.7 Å². The van der Waals surface area contributed by atoms with Crippen molar-refractivity contribution in [3.8, 4) is 0 Å².